The molecular weight excluding hydrogens is 168 g/mol. The van der Waals surface area contributed by atoms with Gasteiger partial charge in [0.05, 0.1) is 5.52 Å². The number of fused-ring (bicyclic) bond motifs is 1. The molecule has 3 N–H and O–H groups in total. The lowest BCUT2D eigenvalue weighted by atomic mass is 10.2. The molecule has 0 spiro atoms. The van der Waals surface area contributed by atoms with E-state index in [0.29, 0.717) is 10.2 Å². The number of hydrogen-bond donors (Lipinski definition) is 2. The summed E-state index contributed by atoms with van der Waals surface area (Å²) < 4.78 is 0.560. The molecule has 0 aliphatic rings. The van der Waals surface area contributed by atoms with E-state index in [1.807, 2.05) is 6.07 Å². The number of nitrogens with zero attached hydrogens (tertiary/aromatic N) is 1. The molecule has 0 bridgehead atoms. The predicted molar refractivity (Wildman–Crippen MR) is 49.8 cm³/mol. The minimum Gasteiger partial charge on any atom is -0.425 e. The van der Waals surface area contributed by atoms with Gasteiger partial charge >= 0.3 is 5.56 Å². The second-order valence-electron chi connectivity index (χ2n) is 2.78. The second-order valence-corrected chi connectivity index (χ2v) is 2.78. The summed E-state index contributed by atoms with van der Waals surface area (Å²) in [5, 5.41) is 10.1. The first-order chi connectivity index (χ1) is 6.20. The molecule has 0 fully saturated rings. The van der Waals surface area contributed by atoms with E-state index >= 15 is 0 Å². The molecule has 0 aliphatic carbocycles. The van der Waals surface area contributed by atoms with Crippen LogP contribution in [0.1, 0.15) is 0 Å². The number of pyridine rings is 1. The van der Waals surface area contributed by atoms with Gasteiger partial charge in [0.25, 0.3) is 0 Å². The molecule has 4 heteroatoms. The van der Waals surface area contributed by atoms with Crippen molar-refractivity contribution in [1.82, 2.24) is 4.73 Å². The van der Waals surface area contributed by atoms with Crippen molar-refractivity contribution in [2.45, 2.75) is 0 Å². The van der Waals surface area contributed by atoms with Gasteiger partial charge in [-0.2, -0.15) is 0 Å². The fraction of sp³-hybridized carbons (Fsp3) is 0. The summed E-state index contributed by atoms with van der Waals surface area (Å²) in [6.45, 7) is 0. The molecule has 1 aromatic heterocycles. The average Bonchev–Trinajstić information content (AvgIpc) is 2.15. The molecule has 0 saturated carbocycles. The second kappa shape index (κ2) is 2.52. The van der Waals surface area contributed by atoms with Crippen LogP contribution in [-0.4, -0.2) is 9.94 Å². The average molecular weight is 176 g/mol. The van der Waals surface area contributed by atoms with Crippen molar-refractivity contribution < 1.29 is 5.21 Å². The quantitative estimate of drug-likeness (QED) is 0.584. The lowest BCUT2D eigenvalue weighted by Crippen LogP contribution is -2.20. The first-order valence-electron chi connectivity index (χ1n) is 3.79. The highest BCUT2D eigenvalue weighted by Crippen LogP contribution is 2.12. The van der Waals surface area contributed by atoms with Gasteiger partial charge in [-0.05, 0) is 12.1 Å². The minimum absolute atomic E-state index is 0.0428. The van der Waals surface area contributed by atoms with Crippen molar-refractivity contribution in [3.8, 4) is 0 Å². The molecule has 0 aliphatic heterocycles. The first-order valence-corrected chi connectivity index (χ1v) is 3.79. The number of anilines is 1. The Morgan fingerprint density at radius 2 is 2.00 bits per heavy atom. The molecule has 4 nitrogen and oxygen atoms in total. The first kappa shape index (κ1) is 7.67. The molecule has 66 valence electrons. The van der Waals surface area contributed by atoms with Gasteiger partial charge in [0.1, 0.15) is 5.69 Å². The molecule has 0 unspecified atom stereocenters. The van der Waals surface area contributed by atoms with Crippen molar-refractivity contribution in [2.75, 3.05) is 5.73 Å². The van der Waals surface area contributed by atoms with E-state index in [9.17, 15) is 10.0 Å². The molecule has 13 heavy (non-hydrogen) atoms. The molecule has 2 rings (SSSR count). The van der Waals surface area contributed by atoms with Crippen molar-refractivity contribution in [3.63, 3.8) is 0 Å². The zero-order valence-corrected chi connectivity index (χ0v) is 6.77. The van der Waals surface area contributed by atoms with E-state index in [2.05, 4.69) is 0 Å². The van der Waals surface area contributed by atoms with E-state index in [1.54, 1.807) is 24.3 Å². The Labute approximate surface area is 73.8 Å². The van der Waals surface area contributed by atoms with Crippen LogP contribution >= 0.6 is 0 Å². The largest absolute Gasteiger partial charge is 0.425 e. The van der Waals surface area contributed by atoms with Gasteiger partial charge in [0, 0.05) is 5.39 Å². The Balaban J connectivity index is 3.02. The van der Waals surface area contributed by atoms with E-state index in [-0.39, 0.29) is 5.69 Å². The molecule has 0 radical (unpaired) electrons. The maximum absolute atomic E-state index is 11.2. The normalized spacial score (nSPS) is 10.5. The molecule has 0 atom stereocenters. The number of nitrogen functional groups attached to an aromatic ring is 1. The van der Waals surface area contributed by atoms with Crippen LogP contribution in [0.25, 0.3) is 10.9 Å². The fourth-order valence-corrected chi connectivity index (χ4v) is 1.26. The number of benzene rings is 1. The number of aromatic nitrogens is 1. The monoisotopic (exact) mass is 176 g/mol. The topological polar surface area (TPSA) is 68.2 Å². The van der Waals surface area contributed by atoms with Crippen LogP contribution in [0.2, 0.25) is 0 Å². The van der Waals surface area contributed by atoms with Crippen molar-refractivity contribution in [2.24, 2.45) is 0 Å². The van der Waals surface area contributed by atoms with Gasteiger partial charge in [-0.15, -0.1) is 4.73 Å². The third-order valence-corrected chi connectivity index (χ3v) is 1.92. The summed E-state index contributed by atoms with van der Waals surface area (Å²) >= 11 is 0. The van der Waals surface area contributed by atoms with Crippen LogP contribution in [0.5, 0.6) is 0 Å². The summed E-state index contributed by atoms with van der Waals surface area (Å²) in [6.07, 6.45) is 0. The lowest BCUT2D eigenvalue weighted by Gasteiger charge is -2.03. The molecule has 2 aromatic rings. The summed E-state index contributed by atoms with van der Waals surface area (Å²) in [5.74, 6) is 0. The fourth-order valence-electron chi connectivity index (χ4n) is 1.26. The zero-order valence-electron chi connectivity index (χ0n) is 6.77. The van der Waals surface area contributed by atoms with Gasteiger partial charge < -0.3 is 10.9 Å². The van der Waals surface area contributed by atoms with E-state index in [4.69, 9.17) is 5.73 Å². The number of hydrogen-bond acceptors (Lipinski definition) is 3. The molecule has 1 aromatic carbocycles. The highest BCUT2D eigenvalue weighted by molar-refractivity contribution is 5.81. The summed E-state index contributed by atoms with van der Waals surface area (Å²) in [5.41, 5.74) is 5.31. The number of nitrogens with two attached hydrogens (primary N) is 1. The maximum atomic E-state index is 11.2. The Bertz CT molecular complexity index is 516. The van der Waals surface area contributed by atoms with Gasteiger partial charge in [-0.1, -0.05) is 18.2 Å². The predicted octanol–water partition coefficient (Wildman–Crippen LogP) is 0.821. The third kappa shape index (κ3) is 1.03. The van der Waals surface area contributed by atoms with E-state index in [1.165, 1.54) is 0 Å². The van der Waals surface area contributed by atoms with Crippen LogP contribution < -0.4 is 11.3 Å². The Kier molecular flexibility index (Phi) is 1.48. The molecule has 0 amide bonds. The van der Waals surface area contributed by atoms with Gasteiger partial charge in [-0.3, -0.25) is 4.79 Å². The Morgan fingerprint density at radius 3 is 2.77 bits per heavy atom. The van der Waals surface area contributed by atoms with Crippen molar-refractivity contribution >= 4 is 16.6 Å². The van der Waals surface area contributed by atoms with E-state index < -0.39 is 5.56 Å². The summed E-state index contributed by atoms with van der Waals surface area (Å²) in [4.78, 5) is 11.2. The van der Waals surface area contributed by atoms with Crippen LogP contribution in [0.3, 0.4) is 0 Å². The molecule has 1 heterocycles. The molecule has 0 saturated heterocycles. The standard InChI is InChI=1S/C9H8N2O2/c10-7-5-6-3-1-2-4-8(6)11(13)9(7)12/h1-5,13H,10H2. The number of rotatable bonds is 0. The van der Waals surface area contributed by atoms with Crippen molar-refractivity contribution in [1.29, 1.82) is 0 Å². The zero-order chi connectivity index (χ0) is 9.42. The highest BCUT2D eigenvalue weighted by atomic mass is 16.5. The Hall–Kier alpha value is -1.97. The smallest absolute Gasteiger partial charge is 0.306 e. The SMILES string of the molecule is Nc1cc2ccccc2n(O)c1=O. The van der Waals surface area contributed by atoms with Gasteiger partial charge in [0.2, 0.25) is 0 Å². The lowest BCUT2D eigenvalue weighted by molar-refractivity contribution is 0.189. The third-order valence-electron chi connectivity index (χ3n) is 1.92. The molecular formula is C9H8N2O2. The summed E-state index contributed by atoms with van der Waals surface area (Å²) in [7, 11) is 0. The highest BCUT2D eigenvalue weighted by Gasteiger charge is 2.03. The van der Waals surface area contributed by atoms with Gasteiger partial charge in [0.15, 0.2) is 0 Å². The van der Waals surface area contributed by atoms with Crippen molar-refractivity contribution in [3.05, 3.63) is 40.7 Å². The van der Waals surface area contributed by atoms with Gasteiger partial charge in [-0.25, -0.2) is 0 Å². The number of para-hydroxylation sites is 1. The van der Waals surface area contributed by atoms with Crippen LogP contribution in [0, 0.1) is 0 Å². The maximum Gasteiger partial charge on any atom is 0.306 e. The Morgan fingerprint density at radius 1 is 1.31 bits per heavy atom. The van der Waals surface area contributed by atoms with Crippen LogP contribution in [0.4, 0.5) is 5.69 Å². The minimum atomic E-state index is -0.585. The van der Waals surface area contributed by atoms with Crippen LogP contribution in [0.15, 0.2) is 35.1 Å². The van der Waals surface area contributed by atoms with E-state index in [0.717, 1.165) is 5.39 Å². The van der Waals surface area contributed by atoms with Crippen LogP contribution in [-0.2, 0) is 0 Å². The summed E-state index contributed by atoms with van der Waals surface area (Å²) in [6, 6.07) is 8.52.